The molecule has 0 saturated heterocycles. The van der Waals surface area contributed by atoms with Gasteiger partial charge < -0.3 is 0 Å². The summed E-state index contributed by atoms with van der Waals surface area (Å²) in [5, 5.41) is 0. The summed E-state index contributed by atoms with van der Waals surface area (Å²) in [6.45, 7) is 5.77. The predicted octanol–water partition coefficient (Wildman–Crippen LogP) is 5.58. The van der Waals surface area contributed by atoms with Gasteiger partial charge in [-0.25, -0.2) is 9.13 Å². The fraction of sp³-hybridized carbons (Fsp3) is 0.850. The third-order valence-electron chi connectivity index (χ3n) is 4.72. The Kier molecular flexibility index (Phi) is 11.1. The summed E-state index contributed by atoms with van der Waals surface area (Å²) in [4.78, 5) is 0. The highest BCUT2D eigenvalue weighted by atomic mass is 15.1. The van der Waals surface area contributed by atoms with Crippen molar-refractivity contribution in [2.75, 3.05) is 0 Å². The highest BCUT2D eigenvalue weighted by Crippen LogP contribution is 2.10. The SMILES string of the molecule is CCCCCCCCCCc1n(C)cc[n+]1CCCCCC. The Morgan fingerprint density at radius 1 is 0.773 bits per heavy atom. The second kappa shape index (κ2) is 12.7. The van der Waals surface area contributed by atoms with Crippen molar-refractivity contribution in [2.45, 2.75) is 104 Å². The van der Waals surface area contributed by atoms with Crippen LogP contribution in [0.25, 0.3) is 0 Å². The van der Waals surface area contributed by atoms with E-state index >= 15 is 0 Å². The highest BCUT2D eigenvalue weighted by Gasteiger charge is 2.13. The summed E-state index contributed by atoms with van der Waals surface area (Å²) >= 11 is 0. The molecule has 128 valence electrons. The lowest BCUT2D eigenvalue weighted by Crippen LogP contribution is -2.37. The molecule has 0 amide bonds. The van der Waals surface area contributed by atoms with Crippen LogP contribution in [0.2, 0.25) is 0 Å². The van der Waals surface area contributed by atoms with Crippen LogP contribution in [0.4, 0.5) is 0 Å². The first kappa shape index (κ1) is 19.3. The van der Waals surface area contributed by atoms with Crippen LogP contribution >= 0.6 is 0 Å². The summed E-state index contributed by atoms with van der Waals surface area (Å²) in [6.07, 6.45) is 22.4. The maximum Gasteiger partial charge on any atom is 0.256 e. The van der Waals surface area contributed by atoms with Gasteiger partial charge in [0, 0.05) is 6.42 Å². The largest absolute Gasteiger partial charge is 0.256 e. The monoisotopic (exact) mass is 307 g/mol. The molecule has 0 N–H and O–H groups in total. The molecule has 0 radical (unpaired) electrons. The van der Waals surface area contributed by atoms with Crippen LogP contribution in [0, 0.1) is 0 Å². The number of imidazole rings is 1. The van der Waals surface area contributed by atoms with E-state index in [0.717, 1.165) is 0 Å². The minimum atomic E-state index is 1.20. The van der Waals surface area contributed by atoms with Gasteiger partial charge in [-0.3, -0.25) is 0 Å². The summed E-state index contributed by atoms with van der Waals surface area (Å²) in [7, 11) is 2.20. The Bertz CT molecular complexity index is 368. The molecule has 0 aliphatic carbocycles. The predicted molar refractivity (Wildman–Crippen MR) is 96.1 cm³/mol. The van der Waals surface area contributed by atoms with Gasteiger partial charge in [0.25, 0.3) is 5.82 Å². The molecule has 1 aromatic heterocycles. The van der Waals surface area contributed by atoms with Gasteiger partial charge in [0.2, 0.25) is 0 Å². The lowest BCUT2D eigenvalue weighted by atomic mass is 10.1. The minimum Gasteiger partial charge on any atom is -0.237 e. The van der Waals surface area contributed by atoms with E-state index < -0.39 is 0 Å². The van der Waals surface area contributed by atoms with E-state index in [1.807, 2.05) is 0 Å². The normalized spacial score (nSPS) is 11.2. The summed E-state index contributed by atoms with van der Waals surface area (Å²) < 4.78 is 4.80. The molecular formula is C20H39N2+. The number of nitrogens with zero attached hydrogens (tertiary/aromatic N) is 2. The zero-order chi connectivity index (χ0) is 16.0. The van der Waals surface area contributed by atoms with Crippen molar-refractivity contribution in [1.82, 2.24) is 4.57 Å². The third-order valence-corrected chi connectivity index (χ3v) is 4.72. The average molecular weight is 308 g/mol. The Morgan fingerprint density at radius 3 is 1.95 bits per heavy atom. The van der Waals surface area contributed by atoms with Crippen LogP contribution < -0.4 is 4.57 Å². The van der Waals surface area contributed by atoms with Gasteiger partial charge in [-0.1, -0.05) is 71.6 Å². The van der Waals surface area contributed by atoms with Crippen LogP contribution in [-0.4, -0.2) is 4.57 Å². The number of unbranched alkanes of at least 4 members (excludes halogenated alkanes) is 10. The standard InChI is InChI=1S/C20H39N2/c1-4-6-8-10-11-12-13-14-16-20-21(3)18-19-22(20)17-15-9-7-5-2/h18-19H,4-17H2,1-3H3/q+1. The molecule has 0 atom stereocenters. The van der Waals surface area contributed by atoms with E-state index in [4.69, 9.17) is 0 Å². The average Bonchev–Trinajstić information content (AvgIpc) is 2.87. The van der Waals surface area contributed by atoms with Crippen LogP contribution in [-0.2, 0) is 20.0 Å². The fourth-order valence-electron chi connectivity index (χ4n) is 3.20. The molecule has 0 aliphatic heterocycles. The zero-order valence-electron chi connectivity index (χ0n) is 15.4. The van der Waals surface area contributed by atoms with Crippen molar-refractivity contribution in [3.05, 3.63) is 18.2 Å². The van der Waals surface area contributed by atoms with Gasteiger partial charge in [0.05, 0.1) is 13.6 Å². The van der Waals surface area contributed by atoms with Crippen LogP contribution in [0.1, 0.15) is 96.7 Å². The highest BCUT2D eigenvalue weighted by molar-refractivity contribution is 4.82. The van der Waals surface area contributed by atoms with E-state index in [9.17, 15) is 0 Å². The van der Waals surface area contributed by atoms with Crippen molar-refractivity contribution in [3.8, 4) is 0 Å². The molecule has 0 fully saturated rings. The number of aromatic nitrogens is 2. The van der Waals surface area contributed by atoms with E-state index in [0.29, 0.717) is 0 Å². The molecule has 1 rings (SSSR count). The van der Waals surface area contributed by atoms with Gasteiger partial charge in [0.1, 0.15) is 12.4 Å². The summed E-state index contributed by atoms with van der Waals surface area (Å²) in [5.74, 6) is 1.52. The molecule has 2 heteroatoms. The minimum absolute atomic E-state index is 1.20. The third kappa shape index (κ3) is 8.00. The number of rotatable bonds is 14. The Morgan fingerprint density at radius 2 is 1.32 bits per heavy atom. The number of hydrogen-bond donors (Lipinski definition) is 0. The Hall–Kier alpha value is -0.790. The van der Waals surface area contributed by atoms with Crippen LogP contribution in [0.3, 0.4) is 0 Å². The van der Waals surface area contributed by atoms with Gasteiger partial charge in [-0.05, 0) is 19.3 Å². The van der Waals surface area contributed by atoms with Crippen molar-refractivity contribution in [3.63, 3.8) is 0 Å². The number of hydrogen-bond acceptors (Lipinski definition) is 0. The van der Waals surface area contributed by atoms with Gasteiger partial charge in [-0.15, -0.1) is 0 Å². The first-order chi connectivity index (χ1) is 10.8. The molecule has 0 saturated carbocycles. The first-order valence-corrected chi connectivity index (χ1v) is 9.83. The zero-order valence-corrected chi connectivity index (χ0v) is 15.4. The fourth-order valence-corrected chi connectivity index (χ4v) is 3.20. The van der Waals surface area contributed by atoms with Crippen molar-refractivity contribution >= 4 is 0 Å². The second-order valence-electron chi connectivity index (χ2n) is 6.80. The molecule has 1 aromatic rings. The lowest BCUT2D eigenvalue weighted by Gasteiger charge is -2.04. The molecule has 0 bridgehead atoms. The summed E-state index contributed by atoms with van der Waals surface area (Å²) in [6, 6.07) is 0. The topological polar surface area (TPSA) is 8.81 Å². The second-order valence-corrected chi connectivity index (χ2v) is 6.80. The van der Waals surface area contributed by atoms with Crippen LogP contribution in [0.5, 0.6) is 0 Å². The van der Waals surface area contributed by atoms with Crippen molar-refractivity contribution < 1.29 is 4.57 Å². The Labute approximate surface area is 138 Å². The summed E-state index contributed by atoms with van der Waals surface area (Å²) in [5.41, 5.74) is 0. The molecule has 0 aliphatic rings. The van der Waals surface area contributed by atoms with Gasteiger partial charge in [-0.2, -0.15) is 0 Å². The smallest absolute Gasteiger partial charge is 0.237 e. The molecule has 1 heterocycles. The quantitative estimate of drug-likeness (QED) is 0.313. The first-order valence-electron chi connectivity index (χ1n) is 9.83. The van der Waals surface area contributed by atoms with Crippen molar-refractivity contribution in [2.24, 2.45) is 7.05 Å². The van der Waals surface area contributed by atoms with Gasteiger partial charge >= 0.3 is 0 Å². The maximum atomic E-state index is 2.48. The molecule has 0 spiro atoms. The lowest BCUT2D eigenvalue weighted by molar-refractivity contribution is -0.704. The molecule has 22 heavy (non-hydrogen) atoms. The maximum absolute atomic E-state index is 2.48. The van der Waals surface area contributed by atoms with Crippen molar-refractivity contribution in [1.29, 1.82) is 0 Å². The molecule has 2 nitrogen and oxygen atoms in total. The molecule has 0 unspecified atom stereocenters. The molecular weight excluding hydrogens is 268 g/mol. The van der Waals surface area contributed by atoms with E-state index in [2.05, 4.69) is 42.4 Å². The Balaban J connectivity index is 2.17. The molecule has 0 aromatic carbocycles. The number of aryl methyl sites for hydroxylation is 2. The van der Waals surface area contributed by atoms with E-state index in [1.165, 1.54) is 95.8 Å². The van der Waals surface area contributed by atoms with E-state index in [-0.39, 0.29) is 0 Å². The van der Waals surface area contributed by atoms with Crippen LogP contribution in [0.15, 0.2) is 12.4 Å². The van der Waals surface area contributed by atoms with Gasteiger partial charge in [0.15, 0.2) is 0 Å². The van der Waals surface area contributed by atoms with E-state index in [1.54, 1.807) is 0 Å².